The smallest absolute Gasteiger partial charge is 0.411 e. The molecule has 0 saturated heterocycles. The predicted molar refractivity (Wildman–Crippen MR) is 72.2 cm³/mol. The maximum Gasteiger partial charge on any atom is 0.411 e. The molecule has 0 aliphatic carbocycles. The summed E-state index contributed by atoms with van der Waals surface area (Å²) in [6, 6.07) is 6.58. The van der Waals surface area contributed by atoms with Gasteiger partial charge in [0.25, 0.3) is 0 Å². The lowest BCUT2D eigenvalue weighted by molar-refractivity contribution is -0.141. The number of esters is 1. The zero-order valence-corrected chi connectivity index (χ0v) is 11.2. The molecule has 1 amide bonds. The summed E-state index contributed by atoms with van der Waals surface area (Å²) in [6.45, 7) is 1.88. The van der Waals surface area contributed by atoms with E-state index >= 15 is 0 Å². The Hall–Kier alpha value is -2.24. The Bertz CT molecular complexity index is 448. The van der Waals surface area contributed by atoms with E-state index in [0.29, 0.717) is 17.8 Å². The van der Waals surface area contributed by atoms with E-state index in [4.69, 9.17) is 4.74 Å². The minimum Gasteiger partial charge on any atom is -0.467 e. The Balaban J connectivity index is 2.75. The predicted octanol–water partition coefficient (Wildman–Crippen LogP) is 2.23. The summed E-state index contributed by atoms with van der Waals surface area (Å²) in [5, 5.41) is 5.59. The third-order valence-corrected chi connectivity index (χ3v) is 2.53. The first-order valence-corrected chi connectivity index (χ1v) is 5.90. The van der Waals surface area contributed by atoms with Crippen molar-refractivity contribution in [1.29, 1.82) is 0 Å². The van der Waals surface area contributed by atoms with Gasteiger partial charge in [-0.1, -0.05) is 13.0 Å². The Labute approximate surface area is 112 Å². The maximum absolute atomic E-state index is 11.5. The summed E-state index contributed by atoms with van der Waals surface area (Å²) in [7, 11) is 2.64. The Morgan fingerprint density at radius 3 is 2.47 bits per heavy atom. The summed E-state index contributed by atoms with van der Waals surface area (Å²) in [6.07, 6.45) is 0.0542. The number of carbonyl (C=O) groups excluding carboxylic acids is 2. The zero-order valence-electron chi connectivity index (χ0n) is 11.2. The van der Waals surface area contributed by atoms with E-state index < -0.39 is 12.1 Å². The van der Waals surface area contributed by atoms with E-state index in [9.17, 15) is 9.59 Å². The molecule has 1 aromatic carbocycles. The Morgan fingerprint density at radius 1 is 1.21 bits per heavy atom. The summed E-state index contributed by atoms with van der Waals surface area (Å²) < 4.78 is 9.20. The highest BCUT2D eigenvalue weighted by atomic mass is 16.5. The minimum absolute atomic E-state index is 0.325. The van der Waals surface area contributed by atoms with Gasteiger partial charge in [-0.3, -0.25) is 5.32 Å². The minimum atomic E-state index is -0.544. The van der Waals surface area contributed by atoms with Crippen molar-refractivity contribution in [3.63, 3.8) is 0 Å². The van der Waals surface area contributed by atoms with Gasteiger partial charge in [0.05, 0.1) is 14.2 Å². The first-order valence-electron chi connectivity index (χ1n) is 5.90. The first kappa shape index (κ1) is 14.8. The van der Waals surface area contributed by atoms with E-state index in [-0.39, 0.29) is 5.97 Å². The number of hydrogen-bond acceptors (Lipinski definition) is 5. The summed E-state index contributed by atoms with van der Waals surface area (Å²) >= 11 is 0. The second kappa shape index (κ2) is 7.25. The molecule has 6 heteroatoms. The number of benzene rings is 1. The molecule has 1 atom stereocenters. The van der Waals surface area contributed by atoms with Gasteiger partial charge in [0.2, 0.25) is 0 Å². The normalized spacial score (nSPS) is 11.3. The molecule has 1 rings (SSSR count). The third-order valence-electron chi connectivity index (χ3n) is 2.53. The van der Waals surface area contributed by atoms with Crippen molar-refractivity contribution in [2.75, 3.05) is 24.9 Å². The van der Waals surface area contributed by atoms with Gasteiger partial charge >= 0.3 is 12.1 Å². The second-order valence-corrected chi connectivity index (χ2v) is 3.83. The standard InChI is InChI=1S/C13H18N2O4/c1-4-11(12(16)18-2)14-9-6-5-7-10(8-9)15-13(17)19-3/h5-8,11,14H,4H2,1-3H3,(H,15,17). The number of amides is 1. The van der Waals surface area contributed by atoms with Gasteiger partial charge < -0.3 is 14.8 Å². The van der Waals surface area contributed by atoms with Crippen LogP contribution in [0.15, 0.2) is 24.3 Å². The van der Waals surface area contributed by atoms with Gasteiger partial charge in [0.15, 0.2) is 0 Å². The number of methoxy groups -OCH3 is 2. The van der Waals surface area contributed by atoms with Gasteiger partial charge in [-0.05, 0) is 24.6 Å². The molecular formula is C13H18N2O4. The van der Waals surface area contributed by atoms with E-state index in [1.165, 1.54) is 14.2 Å². The Morgan fingerprint density at radius 2 is 1.89 bits per heavy atom. The van der Waals surface area contributed by atoms with Gasteiger partial charge in [-0.2, -0.15) is 0 Å². The fourth-order valence-electron chi connectivity index (χ4n) is 1.53. The lowest BCUT2D eigenvalue weighted by Crippen LogP contribution is -2.29. The maximum atomic E-state index is 11.5. The molecule has 0 heterocycles. The van der Waals surface area contributed by atoms with E-state index in [0.717, 1.165) is 0 Å². The molecule has 0 bridgehead atoms. The molecule has 0 saturated carbocycles. The number of hydrogen-bond donors (Lipinski definition) is 2. The molecule has 6 nitrogen and oxygen atoms in total. The molecule has 0 aliphatic rings. The first-order chi connectivity index (χ1) is 9.10. The van der Waals surface area contributed by atoms with Crippen LogP contribution < -0.4 is 10.6 Å². The Kier molecular flexibility index (Phi) is 5.66. The van der Waals surface area contributed by atoms with E-state index in [2.05, 4.69) is 15.4 Å². The van der Waals surface area contributed by atoms with Crippen LogP contribution in [0.1, 0.15) is 13.3 Å². The molecule has 0 radical (unpaired) electrons. The van der Waals surface area contributed by atoms with Crippen molar-refractivity contribution in [2.24, 2.45) is 0 Å². The number of anilines is 2. The average molecular weight is 266 g/mol. The highest BCUT2D eigenvalue weighted by molar-refractivity contribution is 5.85. The van der Waals surface area contributed by atoms with Crippen LogP contribution in [0, 0.1) is 0 Å². The monoisotopic (exact) mass is 266 g/mol. The van der Waals surface area contributed by atoms with Crippen molar-refractivity contribution in [3.8, 4) is 0 Å². The summed E-state index contributed by atoms with van der Waals surface area (Å²) in [4.78, 5) is 22.6. The van der Waals surface area contributed by atoms with Crippen LogP contribution in [0.5, 0.6) is 0 Å². The molecule has 2 N–H and O–H groups in total. The zero-order chi connectivity index (χ0) is 14.3. The highest BCUT2D eigenvalue weighted by Crippen LogP contribution is 2.17. The molecule has 19 heavy (non-hydrogen) atoms. The van der Waals surface area contributed by atoms with Crippen molar-refractivity contribution in [3.05, 3.63) is 24.3 Å². The lowest BCUT2D eigenvalue weighted by atomic mass is 10.2. The van der Waals surface area contributed by atoms with Gasteiger partial charge in [-0.15, -0.1) is 0 Å². The molecule has 0 aromatic heterocycles. The lowest BCUT2D eigenvalue weighted by Gasteiger charge is -2.16. The highest BCUT2D eigenvalue weighted by Gasteiger charge is 2.16. The van der Waals surface area contributed by atoms with E-state index in [1.54, 1.807) is 24.3 Å². The van der Waals surface area contributed by atoms with Gasteiger partial charge in [-0.25, -0.2) is 9.59 Å². The van der Waals surface area contributed by atoms with Crippen LogP contribution in [0.25, 0.3) is 0 Å². The molecule has 0 aliphatic heterocycles. The molecule has 0 fully saturated rings. The number of ether oxygens (including phenoxy) is 2. The summed E-state index contributed by atoms with van der Waals surface area (Å²) in [5.41, 5.74) is 1.29. The molecule has 1 unspecified atom stereocenters. The molecule has 1 aromatic rings. The van der Waals surface area contributed by atoms with Crippen molar-refractivity contribution in [1.82, 2.24) is 0 Å². The fraction of sp³-hybridized carbons (Fsp3) is 0.385. The van der Waals surface area contributed by atoms with Crippen LogP contribution in [-0.4, -0.2) is 32.3 Å². The largest absolute Gasteiger partial charge is 0.467 e. The number of rotatable bonds is 5. The van der Waals surface area contributed by atoms with Crippen molar-refractivity contribution >= 4 is 23.4 Å². The van der Waals surface area contributed by atoms with Crippen LogP contribution in [-0.2, 0) is 14.3 Å². The van der Waals surface area contributed by atoms with E-state index in [1.807, 2.05) is 6.92 Å². The van der Waals surface area contributed by atoms with Crippen molar-refractivity contribution in [2.45, 2.75) is 19.4 Å². The molecule has 104 valence electrons. The van der Waals surface area contributed by atoms with Crippen molar-refractivity contribution < 1.29 is 19.1 Å². The SMILES string of the molecule is CCC(Nc1cccc(NC(=O)OC)c1)C(=O)OC. The van der Waals surface area contributed by atoms with Crippen LogP contribution in [0.3, 0.4) is 0 Å². The molecular weight excluding hydrogens is 248 g/mol. The molecule has 0 spiro atoms. The summed E-state index contributed by atoms with van der Waals surface area (Å²) in [5.74, 6) is -0.325. The van der Waals surface area contributed by atoms with Crippen LogP contribution in [0.2, 0.25) is 0 Å². The number of nitrogens with one attached hydrogen (secondary N) is 2. The third kappa shape index (κ3) is 4.50. The number of carbonyl (C=O) groups is 2. The fourth-order valence-corrected chi connectivity index (χ4v) is 1.53. The second-order valence-electron chi connectivity index (χ2n) is 3.83. The average Bonchev–Trinajstić information content (AvgIpc) is 2.44. The van der Waals surface area contributed by atoms with Crippen LogP contribution >= 0.6 is 0 Å². The quantitative estimate of drug-likeness (QED) is 0.799. The van der Waals surface area contributed by atoms with Gasteiger partial charge in [0, 0.05) is 11.4 Å². The van der Waals surface area contributed by atoms with Gasteiger partial charge in [0.1, 0.15) is 6.04 Å². The topological polar surface area (TPSA) is 76.7 Å². The van der Waals surface area contributed by atoms with Crippen LogP contribution in [0.4, 0.5) is 16.2 Å².